The van der Waals surface area contributed by atoms with Gasteiger partial charge < -0.3 is 4.74 Å². The number of hydrogen-bond acceptors (Lipinski definition) is 2. The van der Waals surface area contributed by atoms with Crippen molar-refractivity contribution >= 4 is 23.2 Å². The number of aromatic nitrogens is 1. The van der Waals surface area contributed by atoms with Gasteiger partial charge in [0.1, 0.15) is 10.8 Å². The Balaban J connectivity index is 2.14. The molecule has 1 heterocycles. The molecule has 1 aromatic carbocycles. The number of pyridine rings is 1. The number of hydrogen-bond donors (Lipinski definition) is 0. The molecule has 0 spiro atoms. The van der Waals surface area contributed by atoms with Crippen LogP contribution in [0.3, 0.4) is 0 Å². The van der Waals surface area contributed by atoms with Crippen molar-refractivity contribution in [1.82, 2.24) is 4.98 Å². The Morgan fingerprint density at radius 2 is 1.95 bits per heavy atom. The summed E-state index contributed by atoms with van der Waals surface area (Å²) in [6.07, 6.45) is 2.79. The number of alkyl halides is 1. The van der Waals surface area contributed by atoms with E-state index in [9.17, 15) is 0 Å². The van der Waals surface area contributed by atoms with Crippen molar-refractivity contribution in [1.29, 1.82) is 0 Å². The molecule has 20 heavy (non-hydrogen) atoms. The van der Waals surface area contributed by atoms with Gasteiger partial charge in [0.05, 0.1) is 0 Å². The summed E-state index contributed by atoms with van der Waals surface area (Å²) >= 11 is 11.8. The van der Waals surface area contributed by atoms with E-state index in [1.54, 1.807) is 12.3 Å². The molecule has 1 aromatic heterocycles. The van der Waals surface area contributed by atoms with E-state index in [1.807, 2.05) is 12.1 Å². The van der Waals surface area contributed by atoms with E-state index in [2.05, 4.69) is 31.0 Å². The molecule has 0 saturated heterocycles. The first-order valence-electron chi connectivity index (χ1n) is 6.62. The predicted molar refractivity (Wildman–Crippen MR) is 84.0 cm³/mol. The zero-order valence-electron chi connectivity index (χ0n) is 11.6. The van der Waals surface area contributed by atoms with E-state index in [-0.39, 0.29) is 0 Å². The van der Waals surface area contributed by atoms with E-state index >= 15 is 0 Å². The number of benzene rings is 1. The molecule has 0 radical (unpaired) electrons. The summed E-state index contributed by atoms with van der Waals surface area (Å²) in [5, 5.41) is 0.467. The minimum absolute atomic E-state index is 0.386. The quantitative estimate of drug-likeness (QED) is 0.653. The highest BCUT2D eigenvalue weighted by Gasteiger charge is 2.07. The second-order valence-electron chi connectivity index (χ2n) is 4.74. The monoisotopic (exact) mass is 309 g/mol. The molecule has 106 valence electrons. The molecule has 0 aliphatic heterocycles. The fourth-order valence-electron chi connectivity index (χ4n) is 1.82. The largest absolute Gasteiger partial charge is 0.438 e. The maximum atomic E-state index is 6.12. The Bertz CT molecular complexity index is 569. The normalized spacial score (nSPS) is 12.2. The molecular formula is C16H17Cl2NO. The summed E-state index contributed by atoms with van der Waals surface area (Å²) in [7, 11) is 0. The fraction of sp³-hybridized carbons (Fsp3) is 0.312. The SMILES string of the molecule is CCC(C)c1ccc(Oc2ncc(CCl)cc2Cl)cc1. The van der Waals surface area contributed by atoms with Crippen molar-refractivity contribution in [3.63, 3.8) is 0 Å². The van der Waals surface area contributed by atoms with Gasteiger partial charge in [-0.25, -0.2) is 4.98 Å². The van der Waals surface area contributed by atoms with Crippen LogP contribution in [0, 0.1) is 0 Å². The minimum Gasteiger partial charge on any atom is -0.438 e. The van der Waals surface area contributed by atoms with E-state index in [0.717, 1.165) is 17.7 Å². The lowest BCUT2D eigenvalue weighted by molar-refractivity contribution is 0.462. The van der Waals surface area contributed by atoms with Crippen LogP contribution >= 0.6 is 23.2 Å². The van der Waals surface area contributed by atoms with Gasteiger partial charge in [-0.1, -0.05) is 37.6 Å². The third-order valence-electron chi connectivity index (χ3n) is 3.29. The van der Waals surface area contributed by atoms with Crippen LogP contribution in [0.5, 0.6) is 11.6 Å². The third kappa shape index (κ3) is 3.65. The molecule has 2 nitrogen and oxygen atoms in total. The van der Waals surface area contributed by atoms with Crippen molar-refractivity contribution in [3.8, 4) is 11.6 Å². The summed E-state index contributed by atoms with van der Waals surface area (Å²) in [5.41, 5.74) is 2.17. The van der Waals surface area contributed by atoms with Gasteiger partial charge in [-0.3, -0.25) is 0 Å². The molecule has 4 heteroatoms. The molecule has 0 fully saturated rings. The Kier molecular flexibility index (Phi) is 5.27. The Morgan fingerprint density at radius 3 is 2.50 bits per heavy atom. The minimum atomic E-state index is 0.386. The molecule has 0 N–H and O–H groups in total. The van der Waals surface area contributed by atoms with Crippen LogP contribution in [0.15, 0.2) is 36.5 Å². The zero-order chi connectivity index (χ0) is 14.5. The van der Waals surface area contributed by atoms with Gasteiger partial charge in [-0.05, 0) is 41.7 Å². The smallest absolute Gasteiger partial charge is 0.238 e. The van der Waals surface area contributed by atoms with Crippen LogP contribution in [0.2, 0.25) is 5.02 Å². The van der Waals surface area contributed by atoms with Gasteiger partial charge >= 0.3 is 0 Å². The summed E-state index contributed by atoms with van der Waals surface area (Å²) in [6.45, 7) is 4.39. The van der Waals surface area contributed by atoms with Gasteiger partial charge in [0.15, 0.2) is 0 Å². The number of halogens is 2. The highest BCUT2D eigenvalue weighted by molar-refractivity contribution is 6.32. The zero-order valence-corrected chi connectivity index (χ0v) is 13.1. The van der Waals surface area contributed by atoms with Crippen LogP contribution in [-0.4, -0.2) is 4.98 Å². The lowest BCUT2D eigenvalue weighted by Crippen LogP contribution is -1.93. The molecule has 0 amide bonds. The van der Waals surface area contributed by atoms with Crippen molar-refractivity contribution in [2.45, 2.75) is 32.1 Å². The Morgan fingerprint density at radius 1 is 1.25 bits per heavy atom. The number of nitrogens with zero attached hydrogens (tertiary/aromatic N) is 1. The van der Waals surface area contributed by atoms with Gasteiger partial charge in [0, 0.05) is 12.1 Å². The van der Waals surface area contributed by atoms with Gasteiger partial charge in [-0.15, -0.1) is 11.6 Å². The summed E-state index contributed by atoms with van der Waals surface area (Å²) in [4.78, 5) is 4.18. The Labute approximate surface area is 129 Å². The van der Waals surface area contributed by atoms with Gasteiger partial charge in [0.2, 0.25) is 5.88 Å². The molecule has 2 aromatic rings. The van der Waals surface area contributed by atoms with Gasteiger partial charge in [-0.2, -0.15) is 0 Å². The number of ether oxygens (including phenoxy) is 1. The molecule has 2 rings (SSSR count). The lowest BCUT2D eigenvalue weighted by Gasteiger charge is -2.11. The Hall–Kier alpha value is -1.25. The second kappa shape index (κ2) is 6.96. The number of rotatable bonds is 5. The maximum Gasteiger partial charge on any atom is 0.238 e. The maximum absolute atomic E-state index is 6.12. The highest BCUT2D eigenvalue weighted by atomic mass is 35.5. The van der Waals surface area contributed by atoms with Crippen LogP contribution in [-0.2, 0) is 5.88 Å². The average molecular weight is 310 g/mol. The standard InChI is InChI=1S/C16H17Cl2NO/c1-3-11(2)13-4-6-14(7-5-13)20-16-15(18)8-12(9-17)10-19-16/h4-8,10-11H,3,9H2,1-2H3. The van der Waals surface area contributed by atoms with Crippen molar-refractivity contribution in [2.24, 2.45) is 0 Å². The van der Waals surface area contributed by atoms with Crippen molar-refractivity contribution in [3.05, 3.63) is 52.7 Å². The molecule has 1 unspecified atom stereocenters. The first-order chi connectivity index (χ1) is 9.63. The van der Waals surface area contributed by atoms with Crippen LogP contribution in [0.1, 0.15) is 37.3 Å². The van der Waals surface area contributed by atoms with Crippen LogP contribution in [0.25, 0.3) is 0 Å². The van der Waals surface area contributed by atoms with E-state index in [1.165, 1.54) is 5.56 Å². The highest BCUT2D eigenvalue weighted by Crippen LogP contribution is 2.29. The summed E-state index contributed by atoms with van der Waals surface area (Å²) < 4.78 is 5.69. The van der Waals surface area contributed by atoms with Gasteiger partial charge in [0.25, 0.3) is 0 Å². The van der Waals surface area contributed by atoms with E-state index in [0.29, 0.717) is 22.7 Å². The summed E-state index contributed by atoms with van der Waals surface area (Å²) in [5.74, 6) is 2.06. The fourth-order valence-corrected chi connectivity index (χ4v) is 2.20. The first kappa shape index (κ1) is 15.1. The summed E-state index contributed by atoms with van der Waals surface area (Å²) in [6, 6.07) is 9.80. The third-order valence-corrected chi connectivity index (χ3v) is 3.87. The molecule has 0 bridgehead atoms. The predicted octanol–water partition coefficient (Wildman–Crippen LogP) is 5.78. The molecule has 1 atom stereocenters. The van der Waals surface area contributed by atoms with Crippen molar-refractivity contribution < 1.29 is 4.74 Å². The van der Waals surface area contributed by atoms with Crippen LogP contribution in [0.4, 0.5) is 0 Å². The molecule has 0 saturated carbocycles. The lowest BCUT2D eigenvalue weighted by atomic mass is 9.99. The molecule has 0 aliphatic rings. The molecular weight excluding hydrogens is 293 g/mol. The molecule has 0 aliphatic carbocycles. The van der Waals surface area contributed by atoms with E-state index in [4.69, 9.17) is 27.9 Å². The van der Waals surface area contributed by atoms with E-state index < -0.39 is 0 Å². The van der Waals surface area contributed by atoms with Crippen molar-refractivity contribution in [2.75, 3.05) is 0 Å². The first-order valence-corrected chi connectivity index (χ1v) is 7.53. The second-order valence-corrected chi connectivity index (χ2v) is 5.42. The van der Waals surface area contributed by atoms with Crippen LogP contribution < -0.4 is 4.74 Å². The topological polar surface area (TPSA) is 22.1 Å². The average Bonchev–Trinajstić information content (AvgIpc) is 2.49.